The average Bonchev–Trinajstić information content (AvgIpc) is 4.04. The molecule has 0 radical (unpaired) electrons. The van der Waals surface area contributed by atoms with E-state index in [1.54, 1.807) is 0 Å². The monoisotopic (exact) mass is 732 g/mol. The van der Waals surface area contributed by atoms with E-state index in [-0.39, 0.29) is 6.71 Å². The van der Waals surface area contributed by atoms with Crippen molar-refractivity contribution in [1.82, 2.24) is 0 Å². The van der Waals surface area contributed by atoms with Gasteiger partial charge in [-0.05, 0) is 53.0 Å². The first-order valence-electron chi connectivity index (χ1n) is 19.2. The minimum atomic E-state index is -0.241. The van der Waals surface area contributed by atoms with Crippen molar-refractivity contribution < 1.29 is 17.7 Å². The molecule has 0 aliphatic carbocycles. The summed E-state index contributed by atoms with van der Waals surface area (Å²) in [6.45, 7) is -0.241. The van der Waals surface area contributed by atoms with E-state index in [0.717, 1.165) is 106 Å². The maximum absolute atomic E-state index is 7.03. The molecule has 4 aromatic heterocycles. The molecular formula is C50H29BN2O4. The van der Waals surface area contributed by atoms with Crippen LogP contribution in [0.15, 0.2) is 194 Å². The van der Waals surface area contributed by atoms with Gasteiger partial charge in [-0.1, -0.05) is 140 Å². The summed E-state index contributed by atoms with van der Waals surface area (Å²) < 4.78 is 28.1. The van der Waals surface area contributed by atoms with E-state index < -0.39 is 0 Å². The van der Waals surface area contributed by atoms with Crippen LogP contribution in [-0.2, 0) is 0 Å². The summed E-state index contributed by atoms with van der Waals surface area (Å²) in [5.41, 5.74) is 12.5. The van der Waals surface area contributed by atoms with E-state index in [9.17, 15) is 0 Å². The second kappa shape index (κ2) is 11.4. The zero-order chi connectivity index (χ0) is 37.2. The Bertz CT molecular complexity index is 3170. The number of fused-ring (bicyclic) bond motifs is 10. The Balaban J connectivity index is 1.18. The van der Waals surface area contributed by atoms with Gasteiger partial charge >= 0.3 is 0 Å². The number of hydrogen-bond donors (Lipinski definition) is 0. The number of furan rings is 4. The van der Waals surface area contributed by atoms with Crippen LogP contribution in [0.4, 0.5) is 34.9 Å². The second-order valence-electron chi connectivity index (χ2n) is 14.7. The molecule has 0 saturated carbocycles. The Hall–Kier alpha value is -7.64. The number of benzene rings is 7. The lowest BCUT2D eigenvalue weighted by Crippen LogP contribution is -2.60. The van der Waals surface area contributed by atoms with Crippen LogP contribution in [0.1, 0.15) is 0 Å². The SMILES string of the molecule is c1ccc(-c2c(N3c4cccc5c4B(c4c3oc3ccccc43)c3c(oc4ccccc34)N5c3oc4ccccc4c3-c3ccccc3)oc3ccccc23)cc1. The van der Waals surface area contributed by atoms with Gasteiger partial charge in [-0.2, -0.15) is 0 Å². The molecule has 6 heterocycles. The summed E-state index contributed by atoms with van der Waals surface area (Å²) in [5, 5.41) is 4.14. The van der Waals surface area contributed by atoms with Crippen LogP contribution in [0, 0.1) is 0 Å². The van der Waals surface area contributed by atoms with Gasteiger partial charge in [-0.3, -0.25) is 9.80 Å². The molecule has 7 aromatic carbocycles. The zero-order valence-electron chi connectivity index (χ0n) is 30.3. The van der Waals surface area contributed by atoms with Gasteiger partial charge in [0.05, 0.1) is 11.1 Å². The lowest BCUT2D eigenvalue weighted by Gasteiger charge is -2.39. The van der Waals surface area contributed by atoms with Crippen molar-refractivity contribution in [3.8, 4) is 22.3 Å². The Morgan fingerprint density at radius 1 is 0.298 bits per heavy atom. The molecular weight excluding hydrogens is 703 g/mol. The van der Waals surface area contributed by atoms with Gasteiger partial charge in [-0.15, -0.1) is 0 Å². The van der Waals surface area contributed by atoms with Gasteiger partial charge in [0.1, 0.15) is 22.3 Å². The first-order valence-corrected chi connectivity index (χ1v) is 19.2. The van der Waals surface area contributed by atoms with Crippen molar-refractivity contribution in [3.05, 3.63) is 176 Å². The number of hydrogen-bond acceptors (Lipinski definition) is 6. The van der Waals surface area contributed by atoms with E-state index in [1.807, 2.05) is 48.5 Å². The molecule has 7 heteroatoms. The topological polar surface area (TPSA) is 59.0 Å². The second-order valence-corrected chi connectivity index (χ2v) is 14.7. The standard InChI is InChI=1S/C50H29BN2O4/c1-3-16-30(17-4-1)42-32-20-7-11-26-38(32)54-47(42)52-36-24-15-25-37-46(36)51(44-34-22-9-13-28-40(34)56-49(44)52)45-35-23-10-14-29-41(35)57-50(45)53(37)48-43(31-18-5-2-6-19-31)33-21-8-12-27-39(33)55-48/h1-29H. The van der Waals surface area contributed by atoms with Crippen LogP contribution < -0.4 is 26.2 Å². The molecule has 0 fully saturated rings. The van der Waals surface area contributed by atoms with Crippen LogP contribution in [0.2, 0.25) is 0 Å². The number of para-hydroxylation sites is 4. The third-order valence-corrected chi connectivity index (χ3v) is 11.7. The van der Waals surface area contributed by atoms with Crippen molar-refractivity contribution in [2.45, 2.75) is 0 Å². The maximum Gasteiger partial charge on any atom is 0.262 e. The molecule has 0 spiro atoms. The van der Waals surface area contributed by atoms with E-state index in [2.05, 4.69) is 137 Å². The molecule has 0 amide bonds. The van der Waals surface area contributed by atoms with Crippen LogP contribution in [0.3, 0.4) is 0 Å². The van der Waals surface area contributed by atoms with E-state index in [0.29, 0.717) is 11.8 Å². The quantitative estimate of drug-likeness (QED) is 0.168. The molecule has 6 nitrogen and oxygen atoms in total. The van der Waals surface area contributed by atoms with Crippen LogP contribution >= 0.6 is 0 Å². The third-order valence-electron chi connectivity index (χ3n) is 11.7. The van der Waals surface area contributed by atoms with Gasteiger partial charge in [0, 0.05) is 43.8 Å². The number of rotatable bonds is 4. The van der Waals surface area contributed by atoms with Crippen LogP contribution in [0.25, 0.3) is 66.1 Å². The predicted molar refractivity (Wildman–Crippen MR) is 230 cm³/mol. The Kier molecular flexibility index (Phi) is 6.16. The third kappa shape index (κ3) is 4.15. The molecule has 266 valence electrons. The fourth-order valence-electron chi connectivity index (χ4n) is 9.42. The van der Waals surface area contributed by atoms with Crippen molar-refractivity contribution in [2.75, 3.05) is 9.80 Å². The van der Waals surface area contributed by atoms with Crippen molar-refractivity contribution in [2.24, 2.45) is 0 Å². The van der Waals surface area contributed by atoms with Gasteiger partial charge in [0.25, 0.3) is 6.71 Å². The molecule has 2 aliphatic heterocycles. The highest BCUT2D eigenvalue weighted by Gasteiger charge is 2.50. The highest BCUT2D eigenvalue weighted by molar-refractivity contribution is 7.02. The Morgan fingerprint density at radius 3 is 1.09 bits per heavy atom. The predicted octanol–water partition coefficient (Wildman–Crippen LogP) is 12.1. The van der Waals surface area contributed by atoms with Crippen molar-refractivity contribution >= 4 is 102 Å². The molecule has 0 bridgehead atoms. The molecule has 57 heavy (non-hydrogen) atoms. The summed E-state index contributed by atoms with van der Waals surface area (Å²) >= 11 is 0. The average molecular weight is 733 g/mol. The smallest absolute Gasteiger partial charge is 0.262 e. The fraction of sp³-hybridized carbons (Fsp3) is 0. The lowest BCUT2D eigenvalue weighted by molar-refractivity contribution is 0.583. The summed E-state index contributed by atoms with van der Waals surface area (Å²) in [6, 6.07) is 60.7. The molecule has 13 rings (SSSR count). The Morgan fingerprint density at radius 2 is 0.649 bits per heavy atom. The minimum Gasteiger partial charge on any atom is -0.440 e. The molecule has 0 atom stereocenters. The molecule has 0 N–H and O–H groups in total. The number of anilines is 6. The van der Waals surface area contributed by atoms with Gasteiger partial charge in [0.2, 0.25) is 23.5 Å². The summed E-state index contributed by atoms with van der Waals surface area (Å²) in [4.78, 5) is 4.41. The summed E-state index contributed by atoms with van der Waals surface area (Å²) in [6.07, 6.45) is 0. The fourth-order valence-corrected chi connectivity index (χ4v) is 9.42. The van der Waals surface area contributed by atoms with Crippen LogP contribution in [-0.4, -0.2) is 6.71 Å². The van der Waals surface area contributed by atoms with E-state index in [1.165, 1.54) is 0 Å². The number of nitrogens with zero attached hydrogens (tertiary/aromatic N) is 2. The zero-order valence-corrected chi connectivity index (χ0v) is 30.3. The van der Waals surface area contributed by atoms with E-state index >= 15 is 0 Å². The molecule has 2 aliphatic rings. The van der Waals surface area contributed by atoms with Crippen molar-refractivity contribution in [1.29, 1.82) is 0 Å². The molecule has 0 unspecified atom stereocenters. The normalized spacial score (nSPS) is 13.2. The maximum atomic E-state index is 7.03. The summed E-state index contributed by atoms with van der Waals surface area (Å²) in [5.74, 6) is 2.83. The highest BCUT2D eigenvalue weighted by atomic mass is 16.4. The largest absolute Gasteiger partial charge is 0.440 e. The van der Waals surface area contributed by atoms with Crippen LogP contribution in [0.5, 0.6) is 0 Å². The van der Waals surface area contributed by atoms with Crippen molar-refractivity contribution in [3.63, 3.8) is 0 Å². The molecule has 11 aromatic rings. The summed E-state index contributed by atoms with van der Waals surface area (Å²) in [7, 11) is 0. The lowest BCUT2D eigenvalue weighted by atomic mass is 9.33. The first kappa shape index (κ1) is 30.7. The highest BCUT2D eigenvalue weighted by Crippen LogP contribution is 2.53. The minimum absolute atomic E-state index is 0.241. The Labute approximate surface area is 326 Å². The van der Waals surface area contributed by atoms with Gasteiger partial charge < -0.3 is 17.7 Å². The van der Waals surface area contributed by atoms with E-state index in [4.69, 9.17) is 17.7 Å². The molecule has 0 saturated heterocycles. The first-order chi connectivity index (χ1) is 28.3. The van der Waals surface area contributed by atoms with Gasteiger partial charge in [0.15, 0.2) is 0 Å². The van der Waals surface area contributed by atoms with Gasteiger partial charge in [-0.25, -0.2) is 0 Å².